The number of hydrogen-bond donors (Lipinski definition) is 1. The van der Waals surface area contributed by atoms with Crippen LogP contribution < -0.4 is 5.32 Å². The van der Waals surface area contributed by atoms with Gasteiger partial charge in [0.05, 0.1) is 0 Å². The van der Waals surface area contributed by atoms with Gasteiger partial charge in [0.2, 0.25) is 0 Å². The third kappa shape index (κ3) is 4.32. The number of benzene rings is 1. The van der Waals surface area contributed by atoms with Crippen molar-refractivity contribution in [2.75, 3.05) is 19.6 Å². The van der Waals surface area contributed by atoms with E-state index in [0.29, 0.717) is 6.04 Å². The molecule has 3 unspecified atom stereocenters. The van der Waals surface area contributed by atoms with Crippen LogP contribution in [0.5, 0.6) is 0 Å². The summed E-state index contributed by atoms with van der Waals surface area (Å²) in [7, 11) is 0. The van der Waals surface area contributed by atoms with Gasteiger partial charge in [-0.1, -0.05) is 44.2 Å². The molecule has 1 saturated heterocycles. The molecular formula is C18H30N2. The highest BCUT2D eigenvalue weighted by Crippen LogP contribution is 2.20. The Hall–Kier alpha value is -0.860. The van der Waals surface area contributed by atoms with Gasteiger partial charge >= 0.3 is 0 Å². The van der Waals surface area contributed by atoms with Crippen molar-refractivity contribution < 1.29 is 0 Å². The van der Waals surface area contributed by atoms with Crippen molar-refractivity contribution in [3.63, 3.8) is 0 Å². The molecule has 2 rings (SSSR count). The molecule has 1 aromatic rings. The number of piperidine rings is 1. The van der Waals surface area contributed by atoms with E-state index in [1.807, 2.05) is 0 Å². The highest BCUT2D eigenvalue weighted by molar-refractivity contribution is 5.14. The largest absolute Gasteiger partial charge is 0.314 e. The zero-order valence-electron chi connectivity index (χ0n) is 13.3. The van der Waals surface area contributed by atoms with E-state index in [1.54, 1.807) is 0 Å². The first-order valence-electron chi connectivity index (χ1n) is 8.22. The molecule has 0 bridgehead atoms. The summed E-state index contributed by atoms with van der Waals surface area (Å²) >= 11 is 0. The molecule has 1 fully saturated rings. The average molecular weight is 274 g/mol. The van der Waals surface area contributed by atoms with Gasteiger partial charge < -0.3 is 10.2 Å². The molecule has 0 radical (unpaired) electrons. The van der Waals surface area contributed by atoms with E-state index in [2.05, 4.69) is 61.3 Å². The van der Waals surface area contributed by atoms with Gasteiger partial charge in [0.25, 0.3) is 0 Å². The molecule has 1 aromatic carbocycles. The van der Waals surface area contributed by atoms with Gasteiger partial charge in [0, 0.05) is 18.6 Å². The zero-order chi connectivity index (χ0) is 14.4. The highest BCUT2D eigenvalue weighted by atomic mass is 15.2. The number of aryl methyl sites for hydroxylation is 1. The minimum Gasteiger partial charge on any atom is -0.314 e. The smallest absolute Gasteiger partial charge is 0.0117 e. The lowest BCUT2D eigenvalue weighted by atomic mass is 9.92. The van der Waals surface area contributed by atoms with E-state index in [4.69, 9.17) is 0 Å². The van der Waals surface area contributed by atoms with E-state index in [0.717, 1.165) is 18.5 Å². The predicted molar refractivity (Wildman–Crippen MR) is 87.0 cm³/mol. The van der Waals surface area contributed by atoms with Gasteiger partial charge in [-0.3, -0.25) is 0 Å². The molecule has 0 spiro atoms. The fraction of sp³-hybridized carbons (Fsp3) is 0.667. The first kappa shape index (κ1) is 15.5. The van der Waals surface area contributed by atoms with E-state index >= 15 is 0 Å². The van der Waals surface area contributed by atoms with Crippen LogP contribution in [0.2, 0.25) is 0 Å². The van der Waals surface area contributed by atoms with Gasteiger partial charge in [-0.25, -0.2) is 0 Å². The summed E-state index contributed by atoms with van der Waals surface area (Å²) in [5.41, 5.74) is 1.47. The average Bonchev–Trinajstić information content (AvgIpc) is 2.48. The van der Waals surface area contributed by atoms with Gasteiger partial charge in [0.1, 0.15) is 0 Å². The van der Waals surface area contributed by atoms with Crippen LogP contribution >= 0.6 is 0 Å². The lowest BCUT2D eigenvalue weighted by Gasteiger charge is -2.40. The second-order valence-electron chi connectivity index (χ2n) is 6.30. The number of nitrogens with zero attached hydrogens (tertiary/aromatic N) is 1. The van der Waals surface area contributed by atoms with Crippen molar-refractivity contribution in [3.8, 4) is 0 Å². The maximum atomic E-state index is 3.62. The van der Waals surface area contributed by atoms with E-state index in [-0.39, 0.29) is 0 Å². The van der Waals surface area contributed by atoms with Crippen LogP contribution in [-0.4, -0.2) is 36.6 Å². The third-order valence-electron chi connectivity index (χ3n) is 4.72. The summed E-state index contributed by atoms with van der Waals surface area (Å²) in [6.45, 7) is 10.6. The molecule has 20 heavy (non-hydrogen) atoms. The Kier molecular flexibility index (Phi) is 6.06. The summed E-state index contributed by atoms with van der Waals surface area (Å²) in [5.74, 6) is 0.767. The van der Waals surface area contributed by atoms with Crippen LogP contribution in [0.4, 0.5) is 0 Å². The zero-order valence-corrected chi connectivity index (χ0v) is 13.3. The SMILES string of the molecule is CCNC1CCN(C(C)CCc2ccccc2)CC1C. The number of nitrogens with one attached hydrogen (secondary N) is 1. The molecule has 3 atom stereocenters. The maximum absolute atomic E-state index is 3.62. The molecule has 112 valence electrons. The van der Waals surface area contributed by atoms with E-state index in [9.17, 15) is 0 Å². The van der Waals surface area contributed by atoms with Crippen molar-refractivity contribution in [2.45, 2.75) is 52.1 Å². The van der Waals surface area contributed by atoms with Gasteiger partial charge in [-0.05, 0) is 50.8 Å². The van der Waals surface area contributed by atoms with Crippen LogP contribution in [0, 0.1) is 5.92 Å². The Morgan fingerprint density at radius 2 is 2.05 bits per heavy atom. The normalized spacial score (nSPS) is 25.6. The lowest BCUT2D eigenvalue weighted by molar-refractivity contribution is 0.108. The lowest BCUT2D eigenvalue weighted by Crippen LogP contribution is -2.50. The van der Waals surface area contributed by atoms with E-state index in [1.165, 1.54) is 37.9 Å². The van der Waals surface area contributed by atoms with Crippen LogP contribution in [0.1, 0.15) is 39.2 Å². The van der Waals surface area contributed by atoms with Crippen molar-refractivity contribution in [3.05, 3.63) is 35.9 Å². The number of likely N-dealkylation sites (tertiary alicyclic amines) is 1. The highest BCUT2D eigenvalue weighted by Gasteiger charge is 2.27. The Morgan fingerprint density at radius 3 is 2.70 bits per heavy atom. The molecule has 1 aliphatic rings. The molecule has 0 aliphatic carbocycles. The molecule has 1 aliphatic heterocycles. The van der Waals surface area contributed by atoms with Crippen molar-refractivity contribution in [1.82, 2.24) is 10.2 Å². The monoisotopic (exact) mass is 274 g/mol. The van der Waals surface area contributed by atoms with Crippen LogP contribution in [0.15, 0.2) is 30.3 Å². The fourth-order valence-corrected chi connectivity index (χ4v) is 3.35. The predicted octanol–water partition coefficient (Wildman–Crippen LogP) is 3.33. The Labute approximate surface area is 124 Å². The van der Waals surface area contributed by atoms with E-state index < -0.39 is 0 Å². The quantitative estimate of drug-likeness (QED) is 0.856. The number of hydrogen-bond acceptors (Lipinski definition) is 2. The summed E-state index contributed by atoms with van der Waals surface area (Å²) in [4.78, 5) is 2.68. The molecule has 2 nitrogen and oxygen atoms in total. The fourth-order valence-electron chi connectivity index (χ4n) is 3.35. The Balaban J connectivity index is 1.77. The van der Waals surface area contributed by atoms with Crippen LogP contribution in [0.25, 0.3) is 0 Å². The molecule has 1 N–H and O–H groups in total. The second-order valence-corrected chi connectivity index (χ2v) is 6.30. The standard InChI is InChI=1S/C18H30N2/c1-4-19-18-12-13-20(14-15(18)2)16(3)10-11-17-8-6-5-7-9-17/h5-9,15-16,18-19H,4,10-14H2,1-3H3. The van der Waals surface area contributed by atoms with Gasteiger partial charge in [-0.2, -0.15) is 0 Å². The summed E-state index contributed by atoms with van der Waals surface area (Å²) in [6.07, 6.45) is 3.76. The third-order valence-corrected chi connectivity index (χ3v) is 4.72. The van der Waals surface area contributed by atoms with Crippen LogP contribution in [-0.2, 0) is 6.42 Å². The second kappa shape index (κ2) is 7.80. The Morgan fingerprint density at radius 1 is 1.30 bits per heavy atom. The topological polar surface area (TPSA) is 15.3 Å². The first-order valence-corrected chi connectivity index (χ1v) is 8.22. The molecule has 1 heterocycles. The molecular weight excluding hydrogens is 244 g/mol. The molecule has 0 saturated carbocycles. The molecule has 0 aromatic heterocycles. The minimum atomic E-state index is 0.695. The number of rotatable bonds is 6. The van der Waals surface area contributed by atoms with Crippen LogP contribution in [0.3, 0.4) is 0 Å². The van der Waals surface area contributed by atoms with Crippen molar-refractivity contribution in [1.29, 1.82) is 0 Å². The van der Waals surface area contributed by atoms with Crippen molar-refractivity contribution in [2.24, 2.45) is 5.92 Å². The van der Waals surface area contributed by atoms with Gasteiger partial charge in [-0.15, -0.1) is 0 Å². The summed E-state index contributed by atoms with van der Waals surface area (Å²) < 4.78 is 0. The van der Waals surface area contributed by atoms with Gasteiger partial charge in [0.15, 0.2) is 0 Å². The van der Waals surface area contributed by atoms with Crippen molar-refractivity contribution >= 4 is 0 Å². The minimum absolute atomic E-state index is 0.695. The first-order chi connectivity index (χ1) is 9.70. The molecule has 2 heteroatoms. The Bertz CT molecular complexity index is 376. The summed E-state index contributed by atoms with van der Waals surface area (Å²) in [6, 6.07) is 12.3. The summed E-state index contributed by atoms with van der Waals surface area (Å²) in [5, 5.41) is 3.62. The molecule has 0 amide bonds. The maximum Gasteiger partial charge on any atom is 0.0117 e.